The zero-order valence-corrected chi connectivity index (χ0v) is 11.9. The molecule has 0 atom stereocenters. The summed E-state index contributed by atoms with van der Waals surface area (Å²) in [6.07, 6.45) is 1.72. The van der Waals surface area contributed by atoms with Crippen LogP contribution in [-0.2, 0) is 9.59 Å². The third-order valence-corrected chi connectivity index (χ3v) is 3.75. The van der Waals surface area contributed by atoms with Crippen LogP contribution in [0.15, 0.2) is 18.2 Å². The molecule has 6 heteroatoms. The molecule has 0 bridgehead atoms. The third-order valence-electron chi connectivity index (χ3n) is 3.44. The quantitative estimate of drug-likeness (QED) is 0.873. The van der Waals surface area contributed by atoms with Crippen molar-refractivity contribution in [2.24, 2.45) is 0 Å². The first-order valence-corrected chi connectivity index (χ1v) is 6.74. The van der Waals surface area contributed by atoms with E-state index >= 15 is 0 Å². The Balaban J connectivity index is 1.92. The molecule has 1 aromatic carbocycles. The van der Waals surface area contributed by atoms with E-state index in [1.165, 1.54) is 0 Å². The summed E-state index contributed by atoms with van der Waals surface area (Å²) in [6, 6.07) is 5.25. The first-order chi connectivity index (χ1) is 9.43. The van der Waals surface area contributed by atoms with Crippen LogP contribution >= 0.6 is 11.6 Å². The number of amides is 1. The number of aliphatic carboxylic acids is 1. The molecular formula is C14H16ClNO4. The van der Waals surface area contributed by atoms with E-state index in [4.69, 9.17) is 21.4 Å². The van der Waals surface area contributed by atoms with Gasteiger partial charge in [0.25, 0.3) is 5.91 Å². The van der Waals surface area contributed by atoms with E-state index < -0.39 is 17.4 Å². The monoisotopic (exact) mass is 297 g/mol. The topological polar surface area (TPSA) is 75.6 Å². The standard InChI is InChI=1S/C14H16ClNO4/c1-9-3-4-10(15)11(7-9)20-8-12(17)16-14(13(18)19)5-2-6-14/h3-4,7H,2,5-6,8H2,1H3,(H,16,17)(H,18,19). The van der Waals surface area contributed by atoms with Gasteiger partial charge in [-0.2, -0.15) is 0 Å². The second-order valence-electron chi connectivity index (χ2n) is 5.01. The number of halogens is 1. The smallest absolute Gasteiger partial charge is 0.329 e. The Labute approximate surface area is 121 Å². The lowest BCUT2D eigenvalue weighted by molar-refractivity contribution is -0.152. The molecule has 2 N–H and O–H groups in total. The summed E-state index contributed by atoms with van der Waals surface area (Å²) in [4.78, 5) is 22.9. The minimum absolute atomic E-state index is 0.252. The van der Waals surface area contributed by atoms with Gasteiger partial charge in [-0.3, -0.25) is 4.79 Å². The highest BCUT2D eigenvalue weighted by molar-refractivity contribution is 6.32. The fourth-order valence-corrected chi connectivity index (χ4v) is 2.26. The SMILES string of the molecule is Cc1ccc(Cl)c(OCC(=O)NC2(C(=O)O)CCC2)c1. The first kappa shape index (κ1) is 14.7. The lowest BCUT2D eigenvalue weighted by Crippen LogP contribution is -2.59. The molecule has 1 aliphatic rings. The molecule has 0 aliphatic heterocycles. The van der Waals surface area contributed by atoms with E-state index in [0.29, 0.717) is 23.6 Å². The van der Waals surface area contributed by atoms with Crippen LogP contribution in [-0.4, -0.2) is 29.1 Å². The summed E-state index contributed by atoms with van der Waals surface area (Å²) in [7, 11) is 0. The molecule has 0 radical (unpaired) electrons. The number of carbonyl (C=O) groups is 2. The summed E-state index contributed by atoms with van der Waals surface area (Å²) >= 11 is 5.95. The van der Waals surface area contributed by atoms with Crippen LogP contribution in [0.4, 0.5) is 0 Å². The van der Waals surface area contributed by atoms with Gasteiger partial charge in [-0.1, -0.05) is 17.7 Å². The van der Waals surface area contributed by atoms with Gasteiger partial charge >= 0.3 is 5.97 Å². The largest absolute Gasteiger partial charge is 0.482 e. The number of carboxylic acid groups (broad SMARTS) is 1. The lowest BCUT2D eigenvalue weighted by atomic mass is 9.77. The molecule has 2 rings (SSSR count). The van der Waals surface area contributed by atoms with Crippen molar-refractivity contribution < 1.29 is 19.4 Å². The van der Waals surface area contributed by atoms with Crippen LogP contribution in [0.5, 0.6) is 5.75 Å². The van der Waals surface area contributed by atoms with Gasteiger partial charge in [0.2, 0.25) is 0 Å². The number of aryl methyl sites for hydroxylation is 1. The number of carbonyl (C=O) groups excluding carboxylic acids is 1. The molecule has 1 aromatic rings. The van der Waals surface area contributed by atoms with Crippen LogP contribution in [0.25, 0.3) is 0 Å². The van der Waals surface area contributed by atoms with Crippen molar-refractivity contribution in [3.63, 3.8) is 0 Å². The summed E-state index contributed by atoms with van der Waals surface area (Å²) < 4.78 is 5.34. The predicted octanol–water partition coefficient (Wildman–Crippen LogP) is 2.15. The van der Waals surface area contributed by atoms with Crippen molar-refractivity contribution in [1.29, 1.82) is 0 Å². The van der Waals surface area contributed by atoms with Crippen LogP contribution in [0.2, 0.25) is 5.02 Å². The number of hydrogen-bond acceptors (Lipinski definition) is 3. The van der Waals surface area contributed by atoms with Crippen LogP contribution in [0, 0.1) is 6.92 Å². The fourth-order valence-electron chi connectivity index (χ4n) is 2.09. The van der Waals surface area contributed by atoms with Gasteiger partial charge in [-0.25, -0.2) is 4.79 Å². The zero-order chi connectivity index (χ0) is 14.8. The Kier molecular flexibility index (Phi) is 4.18. The fraction of sp³-hybridized carbons (Fsp3) is 0.429. The number of ether oxygens (including phenoxy) is 1. The number of rotatable bonds is 5. The minimum Gasteiger partial charge on any atom is -0.482 e. The van der Waals surface area contributed by atoms with Gasteiger partial charge in [0, 0.05) is 0 Å². The minimum atomic E-state index is -1.11. The molecule has 0 spiro atoms. The summed E-state index contributed by atoms with van der Waals surface area (Å²) in [6.45, 7) is 1.63. The second-order valence-corrected chi connectivity index (χ2v) is 5.42. The van der Waals surface area contributed by atoms with Gasteiger partial charge in [0.05, 0.1) is 5.02 Å². The maximum Gasteiger partial charge on any atom is 0.329 e. The van der Waals surface area contributed by atoms with E-state index in [-0.39, 0.29) is 6.61 Å². The Morgan fingerprint density at radius 2 is 2.15 bits per heavy atom. The zero-order valence-electron chi connectivity index (χ0n) is 11.1. The van der Waals surface area contributed by atoms with E-state index in [9.17, 15) is 9.59 Å². The van der Waals surface area contributed by atoms with Crippen LogP contribution in [0.3, 0.4) is 0 Å². The molecule has 0 saturated heterocycles. The highest BCUT2D eigenvalue weighted by atomic mass is 35.5. The van der Waals surface area contributed by atoms with Crippen molar-refractivity contribution in [2.75, 3.05) is 6.61 Å². The summed E-state index contributed by atoms with van der Waals surface area (Å²) in [5.41, 5.74) is -0.151. The van der Waals surface area contributed by atoms with Gasteiger partial charge in [0.15, 0.2) is 6.61 Å². The molecule has 1 aliphatic carbocycles. The van der Waals surface area contributed by atoms with E-state index in [0.717, 1.165) is 12.0 Å². The molecule has 1 amide bonds. The molecule has 0 aromatic heterocycles. The Morgan fingerprint density at radius 3 is 2.70 bits per heavy atom. The molecule has 0 unspecified atom stereocenters. The van der Waals surface area contributed by atoms with E-state index in [1.807, 2.05) is 13.0 Å². The number of nitrogens with one attached hydrogen (secondary N) is 1. The van der Waals surface area contributed by atoms with Gasteiger partial charge < -0.3 is 15.2 Å². The van der Waals surface area contributed by atoms with Gasteiger partial charge in [-0.15, -0.1) is 0 Å². The van der Waals surface area contributed by atoms with Crippen molar-refractivity contribution in [3.8, 4) is 5.75 Å². The number of hydrogen-bond donors (Lipinski definition) is 2. The molecule has 5 nitrogen and oxygen atoms in total. The third kappa shape index (κ3) is 3.04. The van der Waals surface area contributed by atoms with Crippen molar-refractivity contribution in [3.05, 3.63) is 28.8 Å². The first-order valence-electron chi connectivity index (χ1n) is 6.36. The second kappa shape index (κ2) is 5.71. The van der Waals surface area contributed by atoms with E-state index in [2.05, 4.69) is 5.32 Å². The van der Waals surface area contributed by atoms with Crippen LogP contribution < -0.4 is 10.1 Å². The normalized spacial score (nSPS) is 16.1. The maximum atomic E-state index is 11.8. The average molecular weight is 298 g/mol. The van der Waals surface area contributed by atoms with Crippen molar-refractivity contribution in [1.82, 2.24) is 5.32 Å². The molecular weight excluding hydrogens is 282 g/mol. The van der Waals surface area contributed by atoms with Crippen molar-refractivity contribution >= 4 is 23.5 Å². The molecule has 0 heterocycles. The number of benzene rings is 1. The molecule has 1 saturated carbocycles. The van der Waals surface area contributed by atoms with Crippen LogP contribution in [0.1, 0.15) is 24.8 Å². The number of carboxylic acids is 1. The predicted molar refractivity (Wildman–Crippen MR) is 74.0 cm³/mol. The highest BCUT2D eigenvalue weighted by Gasteiger charge is 2.45. The van der Waals surface area contributed by atoms with Crippen molar-refractivity contribution in [2.45, 2.75) is 31.7 Å². The molecule has 108 valence electrons. The summed E-state index contributed by atoms with van der Waals surface area (Å²) in [5, 5.41) is 12.1. The Hall–Kier alpha value is -1.75. The van der Waals surface area contributed by atoms with Gasteiger partial charge in [-0.05, 0) is 43.9 Å². The Morgan fingerprint density at radius 1 is 1.45 bits per heavy atom. The Bertz CT molecular complexity index is 540. The summed E-state index contributed by atoms with van der Waals surface area (Å²) in [5.74, 6) is -1.03. The molecule has 20 heavy (non-hydrogen) atoms. The maximum absolute atomic E-state index is 11.8. The average Bonchev–Trinajstić information content (AvgIpc) is 2.34. The molecule has 1 fully saturated rings. The van der Waals surface area contributed by atoms with Gasteiger partial charge in [0.1, 0.15) is 11.3 Å². The van der Waals surface area contributed by atoms with E-state index in [1.54, 1.807) is 12.1 Å². The lowest BCUT2D eigenvalue weighted by Gasteiger charge is -2.38. The highest BCUT2D eigenvalue weighted by Crippen LogP contribution is 2.32.